The topological polar surface area (TPSA) is 207 Å². The third-order valence-corrected chi connectivity index (χ3v) is 8.87. The Bertz CT molecular complexity index is 2240. The Labute approximate surface area is 388 Å². The van der Waals surface area contributed by atoms with Crippen molar-refractivity contribution in [2.24, 2.45) is 4.99 Å². The van der Waals surface area contributed by atoms with Crippen molar-refractivity contribution in [1.82, 2.24) is 16.0 Å². The third-order valence-electron chi connectivity index (χ3n) is 7.73. The lowest BCUT2D eigenvalue weighted by molar-refractivity contribution is -0.138. The summed E-state index contributed by atoms with van der Waals surface area (Å²) in [7, 11) is 0. The van der Waals surface area contributed by atoms with Crippen molar-refractivity contribution in [3.8, 4) is 11.5 Å². The van der Waals surface area contributed by atoms with E-state index in [1.54, 1.807) is 62.3 Å². The lowest BCUT2D eigenvalue weighted by Gasteiger charge is -2.21. The number of amides is 6. The summed E-state index contributed by atoms with van der Waals surface area (Å²) in [6.07, 6.45) is -12.1. The van der Waals surface area contributed by atoms with Gasteiger partial charge in [0.25, 0.3) is 0 Å². The lowest BCUT2D eigenvalue weighted by Crippen LogP contribution is -2.44. The van der Waals surface area contributed by atoms with Gasteiger partial charge >= 0.3 is 36.7 Å². The molecule has 67 heavy (non-hydrogen) atoms. The van der Waals surface area contributed by atoms with Gasteiger partial charge in [0.05, 0.1) is 27.4 Å². The van der Waals surface area contributed by atoms with Crippen molar-refractivity contribution in [2.75, 3.05) is 34.8 Å². The maximum Gasteiger partial charge on any atom is 0.437 e. The fourth-order valence-corrected chi connectivity index (χ4v) is 6.11. The molecule has 0 aliphatic carbocycles. The van der Waals surface area contributed by atoms with Crippen LogP contribution in [0.3, 0.4) is 0 Å². The van der Waals surface area contributed by atoms with E-state index in [9.17, 15) is 50.3 Å². The van der Waals surface area contributed by atoms with E-state index < -0.39 is 70.5 Å². The Balaban J connectivity index is 1.80. The number of rotatable bonds is 14. The number of aliphatic imine (C=N–C) groups is 1. The molecule has 3 aromatic carbocycles. The van der Waals surface area contributed by atoms with Gasteiger partial charge in [-0.15, -0.1) is 16.8 Å². The molecule has 0 aromatic heterocycles. The second-order valence-electron chi connectivity index (χ2n) is 17.3. The van der Waals surface area contributed by atoms with Crippen molar-refractivity contribution in [3.05, 3.63) is 71.8 Å². The number of thioether (sulfide) groups is 1. The second-order valence-corrected chi connectivity index (χ2v) is 18.4. The van der Waals surface area contributed by atoms with Crippen LogP contribution in [0.1, 0.15) is 92.7 Å². The summed E-state index contributed by atoms with van der Waals surface area (Å²) in [5.41, 5.74) is -5.33. The maximum absolute atomic E-state index is 14.3. The summed E-state index contributed by atoms with van der Waals surface area (Å²) < 4.78 is 103. The number of benzene rings is 3. The number of nitrogens with zero attached hydrogens (tertiary/aromatic N) is 1. The minimum absolute atomic E-state index is 0.00186. The molecule has 0 unspecified atom stereocenters. The zero-order valence-corrected chi connectivity index (χ0v) is 39.1. The molecule has 0 atom stereocenters. The van der Waals surface area contributed by atoms with Crippen LogP contribution in [0.2, 0.25) is 0 Å². The first-order chi connectivity index (χ1) is 30.8. The standard InChI is InChI=1S/C44H54F6N7O9S/c1-40(2,3)64-37(60)52-21-22-67-34-31(54-33(58)15-10-11-20-51-35(56-38(61)65-41(4,5)6)57-39(62)66-42(7,8)9)24-27(44(48,49)50)25-32(34)55-36(59)53-28-16-18-29(19-17-28)63-30-14-12-13-26(23-30)43(45,46)47/h13-14,16-19,23-25H,10-11,15,20-22H2,1-9H3,(H,52,60)(H,54,58)(H2,53,55,59)(H2,51,56,57,61,62). The van der Waals surface area contributed by atoms with Crippen molar-refractivity contribution in [3.63, 3.8) is 0 Å². The number of urea groups is 1. The molecule has 3 aromatic rings. The molecule has 367 valence electrons. The largest absolute Gasteiger partial charge is 0.457 e. The van der Waals surface area contributed by atoms with Gasteiger partial charge in [-0.05, 0) is 136 Å². The summed E-state index contributed by atoms with van der Waals surface area (Å²) in [6.45, 7) is 14.7. The van der Waals surface area contributed by atoms with Crippen LogP contribution in [-0.2, 0) is 31.4 Å². The monoisotopic (exact) mass is 970 g/mol. The number of alkyl carbamates (subject to hydrolysis) is 2. The molecule has 1 radical (unpaired) electrons. The first-order valence-corrected chi connectivity index (χ1v) is 21.5. The van der Waals surface area contributed by atoms with E-state index >= 15 is 0 Å². The van der Waals surface area contributed by atoms with Crippen molar-refractivity contribution >= 4 is 65.0 Å². The number of nitrogens with one attached hydrogen (secondary N) is 6. The van der Waals surface area contributed by atoms with Gasteiger partial charge in [0.2, 0.25) is 11.9 Å². The van der Waals surface area contributed by atoms with Crippen molar-refractivity contribution < 1.29 is 69.3 Å². The van der Waals surface area contributed by atoms with E-state index in [0.29, 0.717) is 12.1 Å². The molecule has 3 rings (SSSR count). The SMILES string of the molecule is CC(C)(C)OC(=O)N=C(NCCCCC(=O)Nc1cc(C(F)(F)F)cc(NC(=O)Nc2ccc(Oc3c[c]cc(C(F)(F)F)c3)cc2)c1SCCNC(=O)OC(C)(C)C)NC(=O)OC(C)(C)C. The van der Waals surface area contributed by atoms with Crippen LogP contribution < -0.4 is 36.6 Å². The number of anilines is 3. The molecule has 0 aliphatic rings. The molecule has 0 aliphatic heterocycles. The molecule has 6 N–H and O–H groups in total. The van der Waals surface area contributed by atoms with E-state index in [1.165, 1.54) is 30.3 Å². The summed E-state index contributed by atoms with van der Waals surface area (Å²) in [5.74, 6) is -1.02. The van der Waals surface area contributed by atoms with E-state index in [0.717, 1.165) is 23.9 Å². The average molecular weight is 971 g/mol. The number of halogens is 6. The Morgan fingerprint density at radius 2 is 1.22 bits per heavy atom. The second kappa shape index (κ2) is 23.4. The minimum atomic E-state index is -4.95. The molecule has 0 heterocycles. The molecule has 16 nitrogen and oxygen atoms in total. The Hall–Kier alpha value is -6.39. The van der Waals surface area contributed by atoms with Crippen molar-refractivity contribution in [1.29, 1.82) is 0 Å². The normalized spacial score (nSPS) is 12.3. The van der Waals surface area contributed by atoms with E-state index in [2.05, 4.69) is 43.0 Å². The highest BCUT2D eigenvalue weighted by molar-refractivity contribution is 7.99. The van der Waals surface area contributed by atoms with Crippen LogP contribution >= 0.6 is 11.8 Å². The molecule has 6 amide bonds. The van der Waals surface area contributed by atoms with Gasteiger partial charge in [-0.2, -0.15) is 26.3 Å². The first kappa shape index (κ1) is 54.9. The van der Waals surface area contributed by atoms with Gasteiger partial charge in [0.15, 0.2) is 0 Å². The van der Waals surface area contributed by atoms with Gasteiger partial charge in [-0.3, -0.25) is 10.1 Å². The first-order valence-electron chi connectivity index (χ1n) is 20.5. The van der Waals surface area contributed by atoms with Crippen LogP contribution in [-0.4, -0.2) is 71.8 Å². The third kappa shape index (κ3) is 21.6. The fraction of sp³-hybridized carbons (Fsp3) is 0.455. The van der Waals surface area contributed by atoms with Gasteiger partial charge in [-0.1, -0.05) is 0 Å². The highest BCUT2D eigenvalue weighted by Gasteiger charge is 2.34. The van der Waals surface area contributed by atoms with Crippen LogP contribution in [0.25, 0.3) is 0 Å². The highest BCUT2D eigenvalue weighted by Crippen LogP contribution is 2.41. The fourth-order valence-electron chi connectivity index (χ4n) is 5.17. The molecule has 23 heteroatoms. The number of carbonyl (C=O) groups is 5. The zero-order chi connectivity index (χ0) is 50.4. The molecule has 0 fully saturated rings. The van der Waals surface area contributed by atoms with Crippen LogP contribution in [0.15, 0.2) is 64.5 Å². The summed E-state index contributed by atoms with van der Waals surface area (Å²) in [4.78, 5) is 67.4. The predicted octanol–water partition coefficient (Wildman–Crippen LogP) is 11.1. The van der Waals surface area contributed by atoms with Crippen LogP contribution in [0.4, 0.5) is 62.6 Å². The Kier molecular flexibility index (Phi) is 19.2. The predicted molar refractivity (Wildman–Crippen MR) is 239 cm³/mol. The number of ether oxygens (including phenoxy) is 4. The lowest BCUT2D eigenvalue weighted by atomic mass is 10.1. The van der Waals surface area contributed by atoms with Gasteiger partial charge in [-0.25, -0.2) is 19.2 Å². The number of guanidine groups is 1. The molecular weight excluding hydrogens is 917 g/mol. The quantitative estimate of drug-likeness (QED) is 0.0224. The molecular formula is C44H54F6N7O9S. The molecule has 0 saturated carbocycles. The molecule has 0 bridgehead atoms. The van der Waals surface area contributed by atoms with Crippen molar-refractivity contribution in [2.45, 2.75) is 116 Å². The Morgan fingerprint density at radius 3 is 1.81 bits per heavy atom. The number of carbonyl (C=O) groups excluding carboxylic acids is 5. The van der Waals surface area contributed by atoms with Crippen LogP contribution in [0, 0.1) is 6.07 Å². The molecule has 0 spiro atoms. The van der Waals surface area contributed by atoms with E-state index in [-0.39, 0.29) is 77.5 Å². The maximum atomic E-state index is 14.3. The number of alkyl halides is 6. The number of unbranched alkanes of at least 4 members (excludes halogenated alkanes) is 1. The molecule has 0 saturated heterocycles. The van der Waals surface area contributed by atoms with Crippen LogP contribution in [0.5, 0.6) is 11.5 Å². The van der Waals surface area contributed by atoms with E-state index in [4.69, 9.17) is 18.9 Å². The average Bonchev–Trinajstić information content (AvgIpc) is 3.15. The summed E-state index contributed by atoms with van der Waals surface area (Å²) >= 11 is 0.910. The van der Waals surface area contributed by atoms with Gasteiger partial charge < -0.3 is 45.5 Å². The number of hydrogen-bond donors (Lipinski definition) is 6. The van der Waals surface area contributed by atoms with Gasteiger partial charge in [0, 0.05) is 31.0 Å². The Morgan fingerprint density at radius 1 is 0.642 bits per heavy atom. The highest BCUT2D eigenvalue weighted by atomic mass is 32.2. The van der Waals surface area contributed by atoms with Gasteiger partial charge in [0.1, 0.15) is 28.3 Å². The smallest absolute Gasteiger partial charge is 0.437 e. The van der Waals surface area contributed by atoms with E-state index in [1.807, 2.05) is 0 Å². The number of hydrogen-bond acceptors (Lipinski definition) is 10. The summed E-state index contributed by atoms with van der Waals surface area (Å²) in [5, 5.41) is 15.0. The minimum Gasteiger partial charge on any atom is -0.457 e. The summed E-state index contributed by atoms with van der Waals surface area (Å²) in [6, 6.07) is 10.8. The zero-order valence-electron chi connectivity index (χ0n) is 38.2.